The fourth-order valence-corrected chi connectivity index (χ4v) is 2.36. The molecular formula is C9H20N2OS. The van der Waals surface area contributed by atoms with E-state index < -0.39 is 10.8 Å². The second-order valence-corrected chi connectivity index (χ2v) is 5.25. The molecule has 0 aromatic rings. The molecule has 1 saturated heterocycles. The molecule has 0 radical (unpaired) electrons. The summed E-state index contributed by atoms with van der Waals surface area (Å²) >= 11 is 0. The lowest BCUT2D eigenvalue weighted by Crippen LogP contribution is -2.45. The summed E-state index contributed by atoms with van der Waals surface area (Å²) in [6, 6.07) is 0.539. The zero-order valence-electron chi connectivity index (χ0n) is 8.37. The van der Waals surface area contributed by atoms with Crippen LogP contribution in [0, 0.1) is 0 Å². The summed E-state index contributed by atoms with van der Waals surface area (Å²) in [5.41, 5.74) is 5.68. The largest absolute Gasteiger partial charge is 0.329 e. The van der Waals surface area contributed by atoms with Crippen molar-refractivity contribution < 1.29 is 4.21 Å². The number of nitrogens with zero attached hydrogens (tertiary/aromatic N) is 1. The minimum Gasteiger partial charge on any atom is -0.329 e. The van der Waals surface area contributed by atoms with Crippen molar-refractivity contribution in [2.24, 2.45) is 5.73 Å². The Morgan fingerprint density at radius 2 is 2.31 bits per heavy atom. The highest BCUT2D eigenvalue weighted by molar-refractivity contribution is 7.84. The van der Waals surface area contributed by atoms with Gasteiger partial charge in [-0.05, 0) is 19.4 Å². The van der Waals surface area contributed by atoms with Crippen LogP contribution in [-0.4, -0.2) is 46.8 Å². The van der Waals surface area contributed by atoms with E-state index in [9.17, 15) is 4.21 Å². The Morgan fingerprint density at radius 3 is 2.92 bits per heavy atom. The summed E-state index contributed by atoms with van der Waals surface area (Å²) in [7, 11) is -0.667. The lowest BCUT2D eigenvalue weighted by Gasteiger charge is -2.34. The van der Waals surface area contributed by atoms with E-state index in [1.165, 1.54) is 19.3 Å². The Hall–Kier alpha value is 0.0700. The van der Waals surface area contributed by atoms with Gasteiger partial charge in [0, 0.05) is 41.9 Å². The molecule has 0 spiro atoms. The van der Waals surface area contributed by atoms with E-state index in [1.54, 1.807) is 6.26 Å². The van der Waals surface area contributed by atoms with Crippen LogP contribution >= 0.6 is 0 Å². The second-order valence-electron chi connectivity index (χ2n) is 3.70. The lowest BCUT2D eigenvalue weighted by molar-refractivity contribution is 0.162. The smallest absolute Gasteiger partial charge is 0.0359 e. The minimum atomic E-state index is -0.667. The molecule has 0 amide bonds. The third-order valence-corrected chi connectivity index (χ3v) is 3.44. The predicted molar refractivity (Wildman–Crippen MR) is 57.2 cm³/mol. The molecule has 2 N–H and O–H groups in total. The first-order valence-electron chi connectivity index (χ1n) is 4.98. The Morgan fingerprint density at radius 1 is 1.54 bits per heavy atom. The van der Waals surface area contributed by atoms with Gasteiger partial charge in [-0.15, -0.1) is 0 Å². The molecule has 0 aromatic heterocycles. The van der Waals surface area contributed by atoms with Crippen LogP contribution in [0.2, 0.25) is 0 Å². The summed E-state index contributed by atoms with van der Waals surface area (Å²) in [5, 5.41) is 0. The first-order chi connectivity index (χ1) is 6.24. The van der Waals surface area contributed by atoms with Gasteiger partial charge in [0.15, 0.2) is 0 Å². The number of rotatable bonds is 4. The highest BCUT2D eigenvalue weighted by Crippen LogP contribution is 2.15. The molecule has 1 rings (SSSR count). The maximum absolute atomic E-state index is 10.9. The van der Waals surface area contributed by atoms with Gasteiger partial charge in [-0.25, -0.2) is 0 Å². The SMILES string of the molecule is CS(=O)CCN1CCCCC1CN. The predicted octanol–water partition coefficient (Wildman–Crippen LogP) is 0.178. The lowest BCUT2D eigenvalue weighted by atomic mass is 10.0. The summed E-state index contributed by atoms with van der Waals surface area (Å²) in [6.07, 6.45) is 5.55. The van der Waals surface area contributed by atoms with E-state index in [0.717, 1.165) is 25.4 Å². The van der Waals surface area contributed by atoms with Crippen LogP contribution in [0.4, 0.5) is 0 Å². The molecule has 1 aliphatic heterocycles. The molecule has 13 heavy (non-hydrogen) atoms. The highest BCUT2D eigenvalue weighted by Gasteiger charge is 2.20. The Bertz CT molecular complexity index is 175. The van der Waals surface area contributed by atoms with Crippen molar-refractivity contribution in [3.8, 4) is 0 Å². The summed E-state index contributed by atoms with van der Waals surface area (Å²) in [5.74, 6) is 0.788. The number of hydrogen-bond donors (Lipinski definition) is 1. The van der Waals surface area contributed by atoms with Crippen molar-refractivity contribution >= 4 is 10.8 Å². The molecule has 3 nitrogen and oxygen atoms in total. The zero-order chi connectivity index (χ0) is 9.68. The molecule has 0 bridgehead atoms. The van der Waals surface area contributed by atoms with Crippen LogP contribution in [0.1, 0.15) is 19.3 Å². The molecular weight excluding hydrogens is 184 g/mol. The Kier molecular flexibility index (Phi) is 4.91. The van der Waals surface area contributed by atoms with Gasteiger partial charge in [-0.3, -0.25) is 9.11 Å². The fourth-order valence-electron chi connectivity index (χ4n) is 1.87. The van der Waals surface area contributed by atoms with Crippen LogP contribution in [0.5, 0.6) is 0 Å². The van der Waals surface area contributed by atoms with E-state index in [-0.39, 0.29) is 0 Å². The first kappa shape index (κ1) is 11.1. The van der Waals surface area contributed by atoms with E-state index >= 15 is 0 Å². The van der Waals surface area contributed by atoms with Gasteiger partial charge < -0.3 is 5.73 Å². The molecule has 0 saturated carbocycles. The molecule has 0 aromatic carbocycles. The van der Waals surface area contributed by atoms with Crippen LogP contribution in [-0.2, 0) is 10.8 Å². The van der Waals surface area contributed by atoms with Gasteiger partial charge in [0.25, 0.3) is 0 Å². The van der Waals surface area contributed by atoms with E-state index in [0.29, 0.717) is 6.04 Å². The van der Waals surface area contributed by atoms with E-state index in [1.807, 2.05) is 0 Å². The summed E-state index contributed by atoms with van der Waals surface area (Å²) in [4.78, 5) is 2.39. The standard InChI is InChI=1S/C9H20N2OS/c1-13(12)7-6-11-5-3-2-4-9(11)8-10/h9H,2-8,10H2,1H3. The van der Waals surface area contributed by atoms with Gasteiger partial charge in [0.2, 0.25) is 0 Å². The van der Waals surface area contributed by atoms with Crippen LogP contribution < -0.4 is 5.73 Å². The maximum atomic E-state index is 10.9. The van der Waals surface area contributed by atoms with Gasteiger partial charge in [-0.1, -0.05) is 6.42 Å². The number of hydrogen-bond acceptors (Lipinski definition) is 3. The van der Waals surface area contributed by atoms with Gasteiger partial charge in [0.05, 0.1) is 0 Å². The second kappa shape index (κ2) is 5.73. The normalized spacial score (nSPS) is 27.4. The van der Waals surface area contributed by atoms with Gasteiger partial charge in [0.1, 0.15) is 0 Å². The summed E-state index contributed by atoms with van der Waals surface area (Å²) in [6.45, 7) is 2.83. The third kappa shape index (κ3) is 3.75. The fraction of sp³-hybridized carbons (Fsp3) is 1.00. The average Bonchev–Trinajstić information content (AvgIpc) is 2.15. The molecule has 4 heteroatoms. The van der Waals surface area contributed by atoms with Crippen molar-refractivity contribution in [2.45, 2.75) is 25.3 Å². The summed E-state index contributed by atoms with van der Waals surface area (Å²) < 4.78 is 10.9. The van der Waals surface area contributed by atoms with E-state index in [4.69, 9.17) is 5.73 Å². The van der Waals surface area contributed by atoms with Crippen LogP contribution in [0.25, 0.3) is 0 Å². The number of likely N-dealkylation sites (tertiary alicyclic amines) is 1. The van der Waals surface area contributed by atoms with Crippen molar-refractivity contribution in [3.63, 3.8) is 0 Å². The molecule has 1 fully saturated rings. The molecule has 1 heterocycles. The first-order valence-corrected chi connectivity index (χ1v) is 6.71. The molecule has 78 valence electrons. The number of piperidine rings is 1. The van der Waals surface area contributed by atoms with Gasteiger partial charge in [-0.2, -0.15) is 0 Å². The molecule has 2 unspecified atom stereocenters. The van der Waals surface area contributed by atoms with Crippen LogP contribution in [0.15, 0.2) is 0 Å². The van der Waals surface area contributed by atoms with Crippen molar-refractivity contribution in [1.82, 2.24) is 4.90 Å². The van der Waals surface area contributed by atoms with Crippen LogP contribution in [0.3, 0.4) is 0 Å². The average molecular weight is 204 g/mol. The van der Waals surface area contributed by atoms with E-state index in [2.05, 4.69) is 4.90 Å². The van der Waals surface area contributed by atoms with Crippen molar-refractivity contribution in [3.05, 3.63) is 0 Å². The monoisotopic (exact) mass is 204 g/mol. The number of nitrogens with two attached hydrogens (primary N) is 1. The highest BCUT2D eigenvalue weighted by atomic mass is 32.2. The Labute approximate surface area is 83.1 Å². The maximum Gasteiger partial charge on any atom is 0.0359 e. The molecule has 2 atom stereocenters. The Balaban J connectivity index is 2.31. The quantitative estimate of drug-likeness (QED) is 0.710. The topological polar surface area (TPSA) is 46.3 Å². The third-order valence-electron chi connectivity index (χ3n) is 2.69. The van der Waals surface area contributed by atoms with Crippen molar-refractivity contribution in [2.75, 3.05) is 31.6 Å². The van der Waals surface area contributed by atoms with Crippen molar-refractivity contribution in [1.29, 1.82) is 0 Å². The van der Waals surface area contributed by atoms with Gasteiger partial charge >= 0.3 is 0 Å². The minimum absolute atomic E-state index is 0.539. The molecule has 0 aliphatic carbocycles. The zero-order valence-corrected chi connectivity index (χ0v) is 9.18. The molecule has 1 aliphatic rings.